The molecule has 0 aliphatic rings. The van der Waals surface area contributed by atoms with Gasteiger partial charge in [0.15, 0.2) is 29.1 Å². The Labute approximate surface area is 196 Å². The molecule has 34 heavy (non-hydrogen) atoms. The lowest BCUT2D eigenvalue weighted by atomic mass is 10.1. The van der Waals surface area contributed by atoms with Crippen molar-refractivity contribution in [3.8, 4) is 27.7 Å². The van der Waals surface area contributed by atoms with Gasteiger partial charge in [0.05, 0.1) is 10.6 Å². The summed E-state index contributed by atoms with van der Waals surface area (Å²) in [5.41, 5.74) is 2.57. The Morgan fingerprint density at radius 2 is 1.94 bits per heavy atom. The molecule has 5 aromatic rings. The van der Waals surface area contributed by atoms with Crippen LogP contribution in [0.3, 0.4) is 0 Å². The highest BCUT2D eigenvalue weighted by molar-refractivity contribution is 7.13. The first-order chi connectivity index (χ1) is 16.5. The molecule has 0 saturated carbocycles. The maximum absolute atomic E-state index is 13.8. The minimum Gasteiger partial charge on any atom is -0.478 e. The number of fused-ring (bicyclic) bond motifs is 1. The summed E-state index contributed by atoms with van der Waals surface area (Å²) in [7, 11) is 0. The second kappa shape index (κ2) is 8.99. The topological polar surface area (TPSA) is 81.4 Å². The van der Waals surface area contributed by atoms with E-state index >= 15 is 0 Å². The van der Waals surface area contributed by atoms with Crippen LogP contribution in [0.5, 0.6) is 5.75 Å². The Morgan fingerprint density at radius 1 is 1.06 bits per heavy atom. The van der Waals surface area contributed by atoms with E-state index in [2.05, 4.69) is 20.6 Å². The second-order valence-electron chi connectivity index (χ2n) is 7.39. The van der Waals surface area contributed by atoms with Crippen LogP contribution in [0.1, 0.15) is 6.92 Å². The molecule has 0 fully saturated rings. The number of nitrogens with one attached hydrogen (secondary N) is 1. The number of carbonyl (C=O) groups is 1. The van der Waals surface area contributed by atoms with E-state index in [1.165, 1.54) is 6.92 Å². The molecular weight excluding hydrogens is 460 g/mol. The monoisotopic (exact) mass is 477 g/mol. The third-order valence-corrected chi connectivity index (χ3v) is 5.86. The highest BCUT2D eigenvalue weighted by Crippen LogP contribution is 2.26. The van der Waals surface area contributed by atoms with Gasteiger partial charge in [-0.3, -0.25) is 4.79 Å². The van der Waals surface area contributed by atoms with E-state index in [9.17, 15) is 13.6 Å². The largest absolute Gasteiger partial charge is 0.478 e. The number of ether oxygens (including phenoxy) is 1. The average molecular weight is 477 g/mol. The van der Waals surface area contributed by atoms with Crippen molar-refractivity contribution in [2.75, 3.05) is 5.32 Å². The zero-order valence-corrected chi connectivity index (χ0v) is 18.6. The third-order valence-electron chi connectivity index (χ3n) is 5.00. The van der Waals surface area contributed by atoms with Crippen molar-refractivity contribution in [1.29, 1.82) is 0 Å². The Balaban J connectivity index is 1.36. The molecule has 0 spiro atoms. The van der Waals surface area contributed by atoms with Gasteiger partial charge in [-0.2, -0.15) is 9.61 Å². The molecule has 1 unspecified atom stereocenters. The van der Waals surface area contributed by atoms with Crippen LogP contribution in [0.15, 0.2) is 72.1 Å². The zero-order valence-electron chi connectivity index (χ0n) is 17.8. The van der Waals surface area contributed by atoms with Crippen LogP contribution in [-0.4, -0.2) is 31.8 Å². The Kier molecular flexibility index (Phi) is 5.72. The average Bonchev–Trinajstić information content (AvgIpc) is 3.50. The first-order valence-electron chi connectivity index (χ1n) is 10.3. The van der Waals surface area contributed by atoms with Gasteiger partial charge in [0.1, 0.15) is 5.82 Å². The molecule has 0 aliphatic carbocycles. The standard InChI is InChI=1S/C24H17F2N5O2S/c1-14(33-20-9-7-16(25)13-18(20)26)24(32)27-17-5-2-4-15(12-17)19-8-10-22-28-29-23(31(22)30-19)21-6-3-11-34-21/h2-14H,1H3,(H,27,32). The van der Waals surface area contributed by atoms with Crippen molar-refractivity contribution >= 4 is 28.6 Å². The molecular formula is C24H17F2N5O2S. The van der Waals surface area contributed by atoms with Crippen LogP contribution in [0, 0.1) is 11.6 Å². The number of thiophene rings is 1. The molecule has 5 rings (SSSR count). The summed E-state index contributed by atoms with van der Waals surface area (Å²) in [6, 6.07) is 17.6. The summed E-state index contributed by atoms with van der Waals surface area (Å²) in [6.07, 6.45) is -1.01. The highest BCUT2D eigenvalue weighted by atomic mass is 32.1. The lowest BCUT2D eigenvalue weighted by molar-refractivity contribution is -0.122. The van der Waals surface area contributed by atoms with E-state index < -0.39 is 23.6 Å². The zero-order chi connectivity index (χ0) is 23.7. The molecule has 0 bridgehead atoms. The number of aromatic nitrogens is 4. The highest BCUT2D eigenvalue weighted by Gasteiger charge is 2.18. The lowest BCUT2D eigenvalue weighted by Gasteiger charge is -2.15. The number of nitrogens with zero attached hydrogens (tertiary/aromatic N) is 4. The van der Waals surface area contributed by atoms with E-state index in [0.29, 0.717) is 28.9 Å². The van der Waals surface area contributed by atoms with Crippen LogP contribution >= 0.6 is 11.3 Å². The van der Waals surface area contributed by atoms with Crippen molar-refractivity contribution in [3.63, 3.8) is 0 Å². The van der Waals surface area contributed by atoms with Gasteiger partial charge in [0, 0.05) is 17.3 Å². The van der Waals surface area contributed by atoms with Gasteiger partial charge < -0.3 is 10.1 Å². The number of amides is 1. The van der Waals surface area contributed by atoms with Gasteiger partial charge in [-0.15, -0.1) is 21.5 Å². The number of carbonyl (C=O) groups excluding carboxylic acids is 1. The van der Waals surface area contributed by atoms with Gasteiger partial charge in [0.25, 0.3) is 5.91 Å². The van der Waals surface area contributed by atoms with Crippen LogP contribution in [0.2, 0.25) is 0 Å². The molecule has 10 heteroatoms. The quantitative estimate of drug-likeness (QED) is 0.363. The molecule has 2 aromatic carbocycles. The molecule has 7 nitrogen and oxygen atoms in total. The van der Waals surface area contributed by atoms with Gasteiger partial charge in [-0.25, -0.2) is 8.78 Å². The van der Waals surface area contributed by atoms with Crippen molar-refractivity contribution in [3.05, 3.63) is 83.7 Å². The number of halogens is 2. The van der Waals surface area contributed by atoms with Crippen molar-refractivity contribution < 1.29 is 18.3 Å². The predicted octanol–water partition coefficient (Wildman–Crippen LogP) is 5.20. The fraction of sp³-hybridized carbons (Fsp3) is 0.0833. The molecule has 0 radical (unpaired) electrons. The van der Waals surface area contributed by atoms with E-state index in [1.807, 2.05) is 35.7 Å². The SMILES string of the molecule is CC(Oc1ccc(F)cc1F)C(=O)Nc1cccc(-c2ccc3nnc(-c4cccs4)n3n2)c1. The molecule has 3 heterocycles. The number of hydrogen-bond acceptors (Lipinski definition) is 6. The molecule has 1 amide bonds. The second-order valence-corrected chi connectivity index (χ2v) is 8.34. The number of benzene rings is 2. The van der Waals surface area contributed by atoms with Gasteiger partial charge in [-0.1, -0.05) is 18.2 Å². The van der Waals surface area contributed by atoms with Crippen LogP contribution in [0.25, 0.3) is 27.6 Å². The van der Waals surface area contributed by atoms with Crippen LogP contribution in [0.4, 0.5) is 14.5 Å². The van der Waals surface area contributed by atoms with Crippen LogP contribution < -0.4 is 10.1 Å². The smallest absolute Gasteiger partial charge is 0.265 e. The fourth-order valence-electron chi connectivity index (χ4n) is 3.32. The molecule has 1 N–H and O–H groups in total. The van der Waals surface area contributed by atoms with Crippen LogP contribution in [-0.2, 0) is 4.79 Å². The fourth-order valence-corrected chi connectivity index (χ4v) is 4.01. The molecule has 1 atom stereocenters. The maximum Gasteiger partial charge on any atom is 0.265 e. The molecule has 3 aromatic heterocycles. The van der Waals surface area contributed by atoms with E-state index in [-0.39, 0.29) is 5.75 Å². The summed E-state index contributed by atoms with van der Waals surface area (Å²) in [5, 5.41) is 17.8. The number of anilines is 1. The minimum atomic E-state index is -1.01. The summed E-state index contributed by atoms with van der Waals surface area (Å²) in [6.45, 7) is 1.48. The van der Waals surface area contributed by atoms with Gasteiger partial charge >= 0.3 is 0 Å². The van der Waals surface area contributed by atoms with Gasteiger partial charge in [-0.05, 0) is 54.8 Å². The summed E-state index contributed by atoms with van der Waals surface area (Å²) < 4.78 is 34.0. The molecule has 0 saturated heterocycles. The first-order valence-corrected chi connectivity index (χ1v) is 11.2. The van der Waals surface area contributed by atoms with E-state index in [4.69, 9.17) is 4.74 Å². The van der Waals surface area contributed by atoms with Crippen molar-refractivity contribution in [2.24, 2.45) is 0 Å². The number of hydrogen-bond donors (Lipinski definition) is 1. The summed E-state index contributed by atoms with van der Waals surface area (Å²) in [4.78, 5) is 13.5. The normalized spacial score (nSPS) is 12.0. The lowest BCUT2D eigenvalue weighted by Crippen LogP contribution is -2.30. The van der Waals surface area contributed by atoms with E-state index in [1.54, 1.807) is 34.1 Å². The van der Waals surface area contributed by atoms with Crippen molar-refractivity contribution in [2.45, 2.75) is 13.0 Å². The van der Waals surface area contributed by atoms with Gasteiger partial charge in [0.2, 0.25) is 0 Å². The summed E-state index contributed by atoms with van der Waals surface area (Å²) in [5.74, 6) is -1.64. The van der Waals surface area contributed by atoms with Crippen molar-refractivity contribution in [1.82, 2.24) is 19.8 Å². The Morgan fingerprint density at radius 3 is 2.74 bits per heavy atom. The summed E-state index contributed by atoms with van der Waals surface area (Å²) >= 11 is 1.55. The first kappa shape index (κ1) is 21.7. The number of rotatable bonds is 6. The molecule has 0 aliphatic heterocycles. The molecule has 170 valence electrons. The Bertz CT molecular complexity index is 1490. The van der Waals surface area contributed by atoms with E-state index in [0.717, 1.165) is 22.6 Å². The third kappa shape index (κ3) is 4.35. The Hall–Kier alpha value is -4.18. The predicted molar refractivity (Wildman–Crippen MR) is 125 cm³/mol. The minimum absolute atomic E-state index is 0.203. The maximum atomic E-state index is 13.8.